The normalized spacial score (nSPS) is 10.8. The van der Waals surface area contributed by atoms with Gasteiger partial charge in [0.15, 0.2) is 0 Å². The Bertz CT molecular complexity index is 661. The van der Waals surface area contributed by atoms with E-state index in [-0.39, 0.29) is 0 Å². The zero-order chi connectivity index (χ0) is 15.2. The van der Waals surface area contributed by atoms with Gasteiger partial charge in [0, 0.05) is 18.8 Å². The molecule has 2 aromatic rings. The highest BCUT2D eigenvalue weighted by atomic mass is 16.5. The third-order valence-electron chi connectivity index (χ3n) is 3.04. The van der Waals surface area contributed by atoms with Crippen LogP contribution in [0.3, 0.4) is 0 Å². The first-order valence-electron chi connectivity index (χ1n) is 6.54. The van der Waals surface area contributed by atoms with Crippen molar-refractivity contribution in [2.45, 2.75) is 13.5 Å². The second-order valence-electron chi connectivity index (χ2n) is 4.65. The molecule has 0 saturated carbocycles. The largest absolute Gasteiger partial charge is 0.379 e. The van der Waals surface area contributed by atoms with Crippen molar-refractivity contribution >= 4 is 17.7 Å². The van der Waals surface area contributed by atoms with Crippen LogP contribution in [0.1, 0.15) is 17.0 Å². The number of aryl methyl sites for hydroxylation is 2. The number of carbonyl (C=O) groups is 1. The topological polar surface area (TPSA) is 79.2 Å². The minimum absolute atomic E-state index is 0.563. The van der Waals surface area contributed by atoms with Gasteiger partial charge in [-0.3, -0.25) is 14.7 Å². The summed E-state index contributed by atoms with van der Waals surface area (Å²) in [6, 6.07) is 9.64. The maximum absolute atomic E-state index is 11.0. The van der Waals surface area contributed by atoms with Crippen molar-refractivity contribution in [1.29, 1.82) is 0 Å². The summed E-state index contributed by atoms with van der Waals surface area (Å²) >= 11 is 0. The summed E-state index contributed by atoms with van der Waals surface area (Å²) in [5.74, 6) is -0.563. The molecule has 0 aliphatic rings. The molecule has 21 heavy (non-hydrogen) atoms. The minimum Gasteiger partial charge on any atom is -0.379 e. The Kier molecular flexibility index (Phi) is 4.73. The highest BCUT2D eigenvalue weighted by molar-refractivity contribution is 5.91. The molecule has 0 fully saturated rings. The van der Waals surface area contributed by atoms with Gasteiger partial charge < -0.3 is 5.32 Å². The Morgan fingerprint density at radius 2 is 2.19 bits per heavy atom. The van der Waals surface area contributed by atoms with Gasteiger partial charge in [-0.2, -0.15) is 5.10 Å². The highest BCUT2D eigenvalue weighted by Crippen LogP contribution is 2.17. The van der Waals surface area contributed by atoms with Gasteiger partial charge in [-0.25, -0.2) is 5.48 Å². The molecule has 3 N–H and O–H groups in total. The van der Waals surface area contributed by atoms with E-state index in [0.717, 1.165) is 22.6 Å². The third-order valence-corrected chi connectivity index (χ3v) is 3.04. The van der Waals surface area contributed by atoms with E-state index < -0.39 is 5.91 Å². The number of benzene rings is 1. The number of hydrogen-bond donors (Lipinski definition) is 3. The Morgan fingerprint density at radius 1 is 1.43 bits per heavy atom. The fraction of sp³-hybridized carbons (Fsp3) is 0.200. The third kappa shape index (κ3) is 3.93. The number of nitrogens with one attached hydrogen (secondary N) is 2. The smallest absolute Gasteiger partial charge is 0.267 e. The molecule has 2 rings (SSSR count). The molecule has 1 aromatic heterocycles. The van der Waals surface area contributed by atoms with Crippen LogP contribution in [0.15, 0.2) is 36.4 Å². The predicted octanol–water partition coefficient (Wildman–Crippen LogP) is 1.86. The fourth-order valence-electron chi connectivity index (χ4n) is 2.02. The van der Waals surface area contributed by atoms with Gasteiger partial charge in [-0.05, 0) is 30.7 Å². The lowest BCUT2D eigenvalue weighted by Gasteiger charge is -2.09. The van der Waals surface area contributed by atoms with Crippen LogP contribution in [-0.2, 0) is 18.4 Å². The summed E-state index contributed by atoms with van der Waals surface area (Å²) < 4.78 is 1.83. The van der Waals surface area contributed by atoms with Gasteiger partial charge in [0.2, 0.25) is 0 Å². The first kappa shape index (κ1) is 14.8. The Morgan fingerprint density at radius 3 is 2.86 bits per heavy atom. The van der Waals surface area contributed by atoms with E-state index in [2.05, 4.69) is 10.4 Å². The molecular formula is C15H18N4O2. The minimum atomic E-state index is -0.563. The van der Waals surface area contributed by atoms with Crippen LogP contribution >= 0.6 is 0 Å². The van der Waals surface area contributed by atoms with Crippen molar-refractivity contribution in [3.05, 3.63) is 53.4 Å². The molecule has 1 heterocycles. The van der Waals surface area contributed by atoms with E-state index in [4.69, 9.17) is 5.21 Å². The fourth-order valence-corrected chi connectivity index (χ4v) is 2.02. The van der Waals surface area contributed by atoms with Gasteiger partial charge in [0.1, 0.15) is 0 Å². The van der Waals surface area contributed by atoms with Gasteiger partial charge >= 0.3 is 0 Å². The Hall–Kier alpha value is -2.60. The molecule has 1 aromatic carbocycles. The Labute approximate surface area is 123 Å². The van der Waals surface area contributed by atoms with Crippen LogP contribution in [0.25, 0.3) is 6.08 Å². The van der Waals surface area contributed by atoms with Gasteiger partial charge in [0.05, 0.1) is 17.9 Å². The van der Waals surface area contributed by atoms with Crippen LogP contribution < -0.4 is 10.8 Å². The zero-order valence-electron chi connectivity index (χ0n) is 12.0. The van der Waals surface area contributed by atoms with Crippen molar-refractivity contribution in [3.8, 4) is 0 Å². The quantitative estimate of drug-likeness (QED) is 0.445. The highest BCUT2D eigenvalue weighted by Gasteiger charge is 2.03. The number of nitrogens with zero attached hydrogens (tertiary/aromatic N) is 2. The predicted molar refractivity (Wildman–Crippen MR) is 80.7 cm³/mol. The van der Waals surface area contributed by atoms with Crippen molar-refractivity contribution < 1.29 is 10.0 Å². The number of rotatable bonds is 5. The molecule has 110 valence electrons. The maximum Gasteiger partial charge on any atom is 0.267 e. The van der Waals surface area contributed by atoms with Gasteiger partial charge in [-0.15, -0.1) is 0 Å². The molecule has 0 spiro atoms. The number of hydroxylamine groups is 1. The molecule has 6 nitrogen and oxygen atoms in total. The molecule has 0 aliphatic carbocycles. The van der Waals surface area contributed by atoms with Crippen molar-refractivity contribution in [2.24, 2.45) is 7.05 Å². The number of aromatic nitrogens is 2. The maximum atomic E-state index is 11.0. The summed E-state index contributed by atoms with van der Waals surface area (Å²) in [4.78, 5) is 11.0. The molecule has 0 aliphatic heterocycles. The van der Waals surface area contributed by atoms with Gasteiger partial charge in [-0.1, -0.05) is 18.2 Å². The molecule has 0 unspecified atom stereocenters. The molecule has 0 saturated heterocycles. The molecular weight excluding hydrogens is 268 g/mol. The lowest BCUT2D eigenvalue weighted by Crippen LogP contribution is -2.14. The lowest BCUT2D eigenvalue weighted by atomic mass is 10.1. The number of anilines is 1. The number of hydrogen-bond acceptors (Lipinski definition) is 4. The standard InChI is InChI=1S/C15H18N4O2/c1-11-9-13(19(2)17-11)10-16-14-6-4-3-5-12(14)7-8-15(20)18-21/h3-9,16,21H,10H2,1-2H3,(H,18,20). The number of amides is 1. The average molecular weight is 286 g/mol. The second kappa shape index (κ2) is 6.71. The monoisotopic (exact) mass is 286 g/mol. The first-order chi connectivity index (χ1) is 10.1. The van der Waals surface area contributed by atoms with E-state index in [1.165, 1.54) is 6.08 Å². The van der Waals surface area contributed by atoms with E-state index in [1.54, 1.807) is 11.6 Å². The van der Waals surface area contributed by atoms with Crippen molar-refractivity contribution in [1.82, 2.24) is 15.3 Å². The Balaban J connectivity index is 2.11. The lowest BCUT2D eigenvalue weighted by molar-refractivity contribution is -0.124. The molecule has 0 atom stereocenters. The average Bonchev–Trinajstić information content (AvgIpc) is 2.81. The summed E-state index contributed by atoms with van der Waals surface area (Å²) in [5, 5.41) is 16.1. The van der Waals surface area contributed by atoms with Crippen molar-refractivity contribution in [2.75, 3.05) is 5.32 Å². The van der Waals surface area contributed by atoms with Gasteiger partial charge in [0.25, 0.3) is 5.91 Å². The summed E-state index contributed by atoms with van der Waals surface area (Å²) in [6.07, 6.45) is 2.91. The van der Waals surface area contributed by atoms with Crippen LogP contribution in [0.4, 0.5) is 5.69 Å². The molecule has 0 radical (unpaired) electrons. The van der Waals surface area contributed by atoms with E-state index in [0.29, 0.717) is 6.54 Å². The summed E-state index contributed by atoms with van der Waals surface area (Å²) in [7, 11) is 1.90. The van der Waals surface area contributed by atoms with Crippen molar-refractivity contribution in [3.63, 3.8) is 0 Å². The van der Waals surface area contributed by atoms with Crippen LogP contribution in [0.2, 0.25) is 0 Å². The molecule has 6 heteroatoms. The summed E-state index contributed by atoms with van der Waals surface area (Å²) in [6.45, 7) is 2.59. The number of para-hydroxylation sites is 1. The van der Waals surface area contributed by atoms with Crippen LogP contribution in [0.5, 0.6) is 0 Å². The van der Waals surface area contributed by atoms with E-state index in [9.17, 15) is 4.79 Å². The summed E-state index contributed by atoms with van der Waals surface area (Å²) in [5.41, 5.74) is 5.37. The zero-order valence-corrected chi connectivity index (χ0v) is 12.0. The SMILES string of the molecule is Cc1cc(CNc2ccccc2C=CC(=O)NO)n(C)n1. The second-order valence-corrected chi connectivity index (χ2v) is 4.65. The molecule has 0 bridgehead atoms. The number of carbonyl (C=O) groups excluding carboxylic acids is 1. The van der Waals surface area contributed by atoms with Crippen LogP contribution in [0, 0.1) is 6.92 Å². The van der Waals surface area contributed by atoms with E-state index in [1.807, 2.05) is 49.0 Å². The molecule has 1 amide bonds. The van der Waals surface area contributed by atoms with Crippen LogP contribution in [-0.4, -0.2) is 20.9 Å². The van der Waals surface area contributed by atoms with E-state index >= 15 is 0 Å². The first-order valence-corrected chi connectivity index (χ1v) is 6.54.